The zero-order chi connectivity index (χ0) is 13.8. The van der Waals surface area contributed by atoms with Crippen molar-refractivity contribution in [3.63, 3.8) is 0 Å². The van der Waals surface area contributed by atoms with Gasteiger partial charge in [-0.05, 0) is 18.2 Å². The van der Waals surface area contributed by atoms with Crippen molar-refractivity contribution in [2.45, 2.75) is 10.3 Å². The zero-order valence-corrected chi connectivity index (χ0v) is 11.6. The molecular weight excluding hydrogens is 268 g/mol. The van der Waals surface area contributed by atoms with Crippen molar-refractivity contribution in [3.05, 3.63) is 60.7 Å². The van der Waals surface area contributed by atoms with Gasteiger partial charge in [0, 0.05) is 18.1 Å². The fourth-order valence-corrected chi connectivity index (χ4v) is 3.04. The second kappa shape index (κ2) is 5.98. The molecule has 0 radical (unpaired) electrons. The highest BCUT2D eigenvalue weighted by Crippen LogP contribution is 2.35. The van der Waals surface area contributed by atoms with Crippen LogP contribution >= 0.6 is 11.8 Å². The molecule has 0 aliphatic heterocycles. The van der Waals surface area contributed by atoms with Gasteiger partial charge in [0.1, 0.15) is 11.4 Å². The summed E-state index contributed by atoms with van der Waals surface area (Å²) in [6.45, 7) is 0.514. The average molecular weight is 282 g/mol. The highest BCUT2D eigenvalue weighted by molar-refractivity contribution is 7.99. The van der Waals surface area contributed by atoms with Gasteiger partial charge in [-0.1, -0.05) is 36.0 Å². The average Bonchev–Trinajstić information content (AvgIpc) is 2.53. The van der Waals surface area contributed by atoms with E-state index in [1.165, 1.54) is 0 Å². The van der Waals surface area contributed by atoms with Crippen LogP contribution in [0.5, 0.6) is 0 Å². The molecule has 1 unspecified atom stereocenters. The maximum absolute atomic E-state index is 5.89. The van der Waals surface area contributed by atoms with Gasteiger partial charge < -0.3 is 5.73 Å². The first-order valence-corrected chi connectivity index (χ1v) is 7.24. The Hall–Kier alpha value is -1.98. The van der Waals surface area contributed by atoms with E-state index in [1.54, 1.807) is 24.3 Å². The van der Waals surface area contributed by atoms with Crippen molar-refractivity contribution < 1.29 is 0 Å². The van der Waals surface area contributed by atoms with E-state index in [0.717, 1.165) is 21.6 Å². The normalized spacial score (nSPS) is 12.4. The van der Waals surface area contributed by atoms with Crippen LogP contribution in [0.1, 0.15) is 10.9 Å². The fraction of sp³-hybridized carbons (Fsp3) is 0.133. The molecule has 0 spiro atoms. The standard InChI is InChI=1S/C15H14N4S/c16-9-14(13-7-3-4-8-17-13)20-15-11-5-1-2-6-12(11)18-10-19-15/h1-8,10,14H,9,16H2. The number of hydrogen-bond donors (Lipinski definition) is 1. The van der Waals surface area contributed by atoms with Crippen LogP contribution in [0.2, 0.25) is 0 Å². The molecule has 100 valence electrons. The lowest BCUT2D eigenvalue weighted by Crippen LogP contribution is -2.10. The molecule has 1 atom stereocenters. The molecule has 0 amide bonds. The van der Waals surface area contributed by atoms with Crippen LogP contribution in [0.25, 0.3) is 10.9 Å². The molecule has 0 aliphatic rings. The summed E-state index contributed by atoms with van der Waals surface area (Å²) in [7, 11) is 0. The topological polar surface area (TPSA) is 64.7 Å². The van der Waals surface area contributed by atoms with Gasteiger partial charge in [0.25, 0.3) is 0 Å². The first kappa shape index (κ1) is 13.0. The molecule has 2 N–H and O–H groups in total. The molecule has 5 heteroatoms. The summed E-state index contributed by atoms with van der Waals surface area (Å²) in [6.07, 6.45) is 3.38. The number of nitrogens with two attached hydrogens (primary N) is 1. The van der Waals surface area contributed by atoms with Crippen molar-refractivity contribution in [3.8, 4) is 0 Å². The van der Waals surface area contributed by atoms with Gasteiger partial charge in [0.15, 0.2) is 0 Å². The Balaban J connectivity index is 1.96. The Morgan fingerprint density at radius 3 is 2.65 bits per heavy atom. The number of fused-ring (bicyclic) bond motifs is 1. The number of rotatable bonds is 4. The van der Waals surface area contributed by atoms with E-state index in [-0.39, 0.29) is 5.25 Å². The zero-order valence-electron chi connectivity index (χ0n) is 10.8. The lowest BCUT2D eigenvalue weighted by molar-refractivity contribution is 0.894. The van der Waals surface area contributed by atoms with Crippen LogP contribution in [0.3, 0.4) is 0 Å². The molecule has 0 fully saturated rings. The van der Waals surface area contributed by atoms with E-state index in [4.69, 9.17) is 5.73 Å². The number of para-hydroxylation sites is 1. The maximum Gasteiger partial charge on any atom is 0.117 e. The third-order valence-electron chi connectivity index (χ3n) is 2.99. The lowest BCUT2D eigenvalue weighted by atomic mass is 10.2. The predicted octanol–water partition coefficient (Wildman–Crippen LogP) is 2.82. The molecule has 0 saturated carbocycles. The lowest BCUT2D eigenvalue weighted by Gasteiger charge is -2.14. The van der Waals surface area contributed by atoms with Crippen molar-refractivity contribution >= 4 is 22.7 Å². The second-order valence-corrected chi connectivity index (χ2v) is 5.48. The molecule has 20 heavy (non-hydrogen) atoms. The number of pyridine rings is 1. The molecule has 2 aromatic heterocycles. The summed E-state index contributed by atoms with van der Waals surface area (Å²) >= 11 is 1.63. The van der Waals surface area contributed by atoms with Gasteiger partial charge in [0.2, 0.25) is 0 Å². The van der Waals surface area contributed by atoms with E-state index in [2.05, 4.69) is 15.0 Å². The summed E-state index contributed by atoms with van der Waals surface area (Å²) in [5, 5.41) is 2.08. The largest absolute Gasteiger partial charge is 0.329 e. The van der Waals surface area contributed by atoms with Gasteiger partial charge in [-0.3, -0.25) is 4.98 Å². The van der Waals surface area contributed by atoms with Gasteiger partial charge in [-0.25, -0.2) is 9.97 Å². The van der Waals surface area contributed by atoms with Crippen LogP contribution in [-0.2, 0) is 0 Å². The van der Waals surface area contributed by atoms with Crippen LogP contribution in [0.4, 0.5) is 0 Å². The SMILES string of the molecule is NCC(Sc1ncnc2ccccc12)c1ccccn1. The first-order chi connectivity index (χ1) is 9.88. The van der Waals surface area contributed by atoms with E-state index in [0.29, 0.717) is 6.54 Å². The number of nitrogens with zero attached hydrogens (tertiary/aromatic N) is 3. The Morgan fingerprint density at radius 1 is 1.00 bits per heavy atom. The van der Waals surface area contributed by atoms with E-state index in [9.17, 15) is 0 Å². The predicted molar refractivity (Wildman–Crippen MR) is 81.4 cm³/mol. The number of thioether (sulfide) groups is 1. The van der Waals surface area contributed by atoms with Gasteiger partial charge in [-0.15, -0.1) is 0 Å². The van der Waals surface area contributed by atoms with E-state index >= 15 is 0 Å². The summed E-state index contributed by atoms with van der Waals surface area (Å²) in [6, 6.07) is 13.9. The minimum atomic E-state index is 0.0921. The third kappa shape index (κ3) is 2.64. The molecule has 0 bridgehead atoms. The summed E-state index contributed by atoms with van der Waals surface area (Å²) < 4.78 is 0. The molecule has 1 aromatic carbocycles. The Morgan fingerprint density at radius 2 is 1.85 bits per heavy atom. The second-order valence-electron chi connectivity index (χ2n) is 4.29. The monoisotopic (exact) mass is 282 g/mol. The molecule has 3 rings (SSSR count). The van der Waals surface area contributed by atoms with Gasteiger partial charge in [-0.2, -0.15) is 0 Å². The molecule has 4 nitrogen and oxygen atoms in total. The minimum absolute atomic E-state index is 0.0921. The van der Waals surface area contributed by atoms with Crippen molar-refractivity contribution in [2.75, 3.05) is 6.54 Å². The maximum atomic E-state index is 5.89. The van der Waals surface area contributed by atoms with Gasteiger partial charge in [0.05, 0.1) is 16.5 Å². The molecule has 0 saturated heterocycles. The fourth-order valence-electron chi connectivity index (χ4n) is 2.00. The summed E-state index contributed by atoms with van der Waals surface area (Å²) in [5.74, 6) is 0. The van der Waals surface area contributed by atoms with E-state index in [1.807, 2.05) is 42.5 Å². The van der Waals surface area contributed by atoms with Crippen LogP contribution < -0.4 is 5.73 Å². The quantitative estimate of drug-likeness (QED) is 0.589. The number of aromatic nitrogens is 3. The number of benzene rings is 1. The Bertz CT molecular complexity index is 697. The van der Waals surface area contributed by atoms with Crippen LogP contribution in [0.15, 0.2) is 60.0 Å². The third-order valence-corrected chi connectivity index (χ3v) is 4.26. The molecule has 0 aliphatic carbocycles. The molecule has 2 heterocycles. The highest BCUT2D eigenvalue weighted by atomic mass is 32.2. The van der Waals surface area contributed by atoms with Crippen molar-refractivity contribution in [1.29, 1.82) is 0 Å². The van der Waals surface area contributed by atoms with Crippen LogP contribution in [0, 0.1) is 0 Å². The summed E-state index contributed by atoms with van der Waals surface area (Å²) in [4.78, 5) is 13.0. The Kier molecular flexibility index (Phi) is 3.90. The summed E-state index contributed by atoms with van der Waals surface area (Å²) in [5.41, 5.74) is 7.81. The van der Waals surface area contributed by atoms with E-state index < -0.39 is 0 Å². The highest BCUT2D eigenvalue weighted by Gasteiger charge is 2.15. The Labute approximate surface area is 121 Å². The number of hydrogen-bond acceptors (Lipinski definition) is 5. The van der Waals surface area contributed by atoms with Crippen molar-refractivity contribution in [1.82, 2.24) is 15.0 Å². The smallest absolute Gasteiger partial charge is 0.117 e. The first-order valence-electron chi connectivity index (χ1n) is 6.36. The minimum Gasteiger partial charge on any atom is -0.329 e. The van der Waals surface area contributed by atoms with Crippen molar-refractivity contribution in [2.24, 2.45) is 5.73 Å². The van der Waals surface area contributed by atoms with Gasteiger partial charge >= 0.3 is 0 Å². The molecular formula is C15H14N4S. The van der Waals surface area contributed by atoms with Crippen LogP contribution in [-0.4, -0.2) is 21.5 Å². The molecule has 3 aromatic rings.